The van der Waals surface area contributed by atoms with Gasteiger partial charge in [0.25, 0.3) is 0 Å². The van der Waals surface area contributed by atoms with Crippen molar-refractivity contribution in [2.75, 3.05) is 0 Å². The molecular weight excluding hydrogens is 436 g/mol. The predicted octanol–water partition coefficient (Wildman–Crippen LogP) is 6.26. The summed E-state index contributed by atoms with van der Waals surface area (Å²) in [5, 5.41) is 14.9. The second-order valence-corrected chi connectivity index (χ2v) is 8.26. The summed E-state index contributed by atoms with van der Waals surface area (Å²) >= 11 is 0. The van der Waals surface area contributed by atoms with E-state index in [2.05, 4.69) is 10.3 Å². The van der Waals surface area contributed by atoms with Crippen LogP contribution < -0.4 is 10.1 Å². The highest BCUT2D eigenvalue weighted by Crippen LogP contribution is 2.32. The van der Waals surface area contributed by atoms with Crippen molar-refractivity contribution < 1.29 is 14.6 Å². The van der Waals surface area contributed by atoms with Gasteiger partial charge in [-0.2, -0.15) is 0 Å². The molecule has 0 saturated heterocycles. The number of amides is 1. The van der Waals surface area contributed by atoms with Crippen LogP contribution in [0.4, 0.5) is 0 Å². The number of para-hydroxylation sites is 1. The van der Waals surface area contributed by atoms with E-state index in [4.69, 9.17) is 4.74 Å². The van der Waals surface area contributed by atoms with Crippen LogP contribution in [0.15, 0.2) is 109 Å². The molecule has 0 aliphatic rings. The number of aromatic hydroxyl groups is 1. The number of benzene rings is 4. The van der Waals surface area contributed by atoms with Gasteiger partial charge in [-0.05, 0) is 70.1 Å². The summed E-state index contributed by atoms with van der Waals surface area (Å²) in [5.41, 5.74) is 3.83. The van der Waals surface area contributed by atoms with E-state index < -0.39 is 0 Å². The summed E-state index contributed by atoms with van der Waals surface area (Å²) in [6.45, 7) is 0.399. The standard InChI is InChI=1S/C30H24N2O3/c33-24-6-4-5-22(18-24)27-14-11-23(29-20-31-16-15-28(27)29)19-32-30(34)17-21-9-12-26(13-10-21)35-25-7-2-1-3-8-25/h1-16,18,20,33H,17,19H2,(H,32,34). The molecule has 5 rings (SSSR count). The highest BCUT2D eigenvalue weighted by molar-refractivity contribution is 5.98. The van der Waals surface area contributed by atoms with Crippen LogP contribution in [0.25, 0.3) is 21.9 Å². The fourth-order valence-electron chi connectivity index (χ4n) is 4.07. The summed E-state index contributed by atoms with van der Waals surface area (Å²) in [4.78, 5) is 16.9. The smallest absolute Gasteiger partial charge is 0.224 e. The van der Waals surface area contributed by atoms with Gasteiger partial charge in [0.2, 0.25) is 5.91 Å². The molecule has 0 aliphatic carbocycles. The molecule has 0 atom stereocenters. The number of fused-ring (bicyclic) bond motifs is 1. The highest BCUT2D eigenvalue weighted by atomic mass is 16.5. The van der Waals surface area contributed by atoms with Crippen LogP contribution in [0.1, 0.15) is 11.1 Å². The first-order valence-electron chi connectivity index (χ1n) is 11.4. The average Bonchev–Trinajstić information content (AvgIpc) is 2.89. The lowest BCUT2D eigenvalue weighted by Gasteiger charge is -2.13. The van der Waals surface area contributed by atoms with Crippen LogP contribution in [0.2, 0.25) is 0 Å². The van der Waals surface area contributed by atoms with Crippen molar-refractivity contribution in [3.63, 3.8) is 0 Å². The summed E-state index contributed by atoms with van der Waals surface area (Å²) in [7, 11) is 0. The van der Waals surface area contributed by atoms with E-state index in [1.54, 1.807) is 18.3 Å². The van der Waals surface area contributed by atoms with E-state index >= 15 is 0 Å². The number of phenolic OH excluding ortho intramolecular Hbond substituents is 1. The Balaban J connectivity index is 1.26. The third kappa shape index (κ3) is 5.31. The maximum atomic E-state index is 12.6. The SMILES string of the molecule is O=C(Cc1ccc(Oc2ccccc2)cc1)NCc1ccc(-c2cccc(O)c2)c2ccncc12. The van der Waals surface area contributed by atoms with Gasteiger partial charge >= 0.3 is 0 Å². The Hall–Kier alpha value is -4.64. The molecule has 5 heteroatoms. The Labute approximate surface area is 203 Å². The quantitative estimate of drug-likeness (QED) is 0.301. The van der Waals surface area contributed by atoms with Crippen LogP contribution in [0.5, 0.6) is 17.2 Å². The van der Waals surface area contributed by atoms with Gasteiger partial charge in [-0.3, -0.25) is 9.78 Å². The molecule has 5 nitrogen and oxygen atoms in total. The first-order chi connectivity index (χ1) is 17.2. The van der Waals surface area contributed by atoms with E-state index in [0.717, 1.165) is 44.5 Å². The average molecular weight is 461 g/mol. The number of nitrogens with zero attached hydrogens (tertiary/aromatic N) is 1. The molecule has 0 fully saturated rings. The van der Waals surface area contributed by atoms with Crippen molar-refractivity contribution in [1.82, 2.24) is 10.3 Å². The summed E-state index contributed by atoms with van der Waals surface area (Å²) in [5.74, 6) is 1.66. The van der Waals surface area contributed by atoms with Crippen LogP contribution in [0, 0.1) is 0 Å². The zero-order valence-electron chi connectivity index (χ0n) is 19.0. The van der Waals surface area contributed by atoms with Gasteiger partial charge in [-0.1, -0.05) is 54.6 Å². The Morgan fingerprint density at radius 2 is 1.63 bits per heavy atom. The van der Waals surface area contributed by atoms with Gasteiger partial charge in [-0.25, -0.2) is 0 Å². The lowest BCUT2D eigenvalue weighted by Crippen LogP contribution is -2.24. The number of aromatic nitrogens is 1. The number of nitrogens with one attached hydrogen (secondary N) is 1. The zero-order valence-corrected chi connectivity index (χ0v) is 19.0. The summed E-state index contributed by atoms with van der Waals surface area (Å²) in [6, 6.07) is 30.3. The van der Waals surface area contributed by atoms with Crippen molar-refractivity contribution in [1.29, 1.82) is 0 Å². The molecular formula is C30H24N2O3. The van der Waals surface area contributed by atoms with E-state index in [1.807, 2.05) is 91.1 Å². The van der Waals surface area contributed by atoms with Crippen molar-refractivity contribution in [3.8, 4) is 28.4 Å². The minimum atomic E-state index is -0.0594. The van der Waals surface area contributed by atoms with Crippen LogP contribution in [-0.4, -0.2) is 16.0 Å². The molecule has 4 aromatic carbocycles. The van der Waals surface area contributed by atoms with Crippen LogP contribution in [-0.2, 0) is 17.8 Å². The monoisotopic (exact) mass is 460 g/mol. The molecule has 0 bridgehead atoms. The van der Waals surface area contributed by atoms with Crippen molar-refractivity contribution in [2.24, 2.45) is 0 Å². The highest BCUT2D eigenvalue weighted by Gasteiger charge is 2.10. The topological polar surface area (TPSA) is 71.5 Å². The van der Waals surface area contributed by atoms with E-state index in [9.17, 15) is 9.90 Å². The number of ether oxygens (including phenoxy) is 1. The molecule has 35 heavy (non-hydrogen) atoms. The number of rotatable bonds is 7. The van der Waals surface area contributed by atoms with E-state index in [1.165, 1.54) is 0 Å². The molecule has 5 aromatic rings. The third-order valence-electron chi connectivity index (χ3n) is 5.81. The third-order valence-corrected chi connectivity index (χ3v) is 5.81. The molecule has 1 heterocycles. The predicted molar refractivity (Wildman–Crippen MR) is 137 cm³/mol. The largest absolute Gasteiger partial charge is 0.508 e. The second kappa shape index (κ2) is 10.1. The van der Waals surface area contributed by atoms with Crippen molar-refractivity contribution in [2.45, 2.75) is 13.0 Å². The maximum Gasteiger partial charge on any atom is 0.224 e. The Morgan fingerprint density at radius 3 is 2.43 bits per heavy atom. The van der Waals surface area contributed by atoms with E-state index in [-0.39, 0.29) is 18.1 Å². The van der Waals surface area contributed by atoms with Gasteiger partial charge < -0.3 is 15.2 Å². The number of carbonyl (C=O) groups is 1. The van der Waals surface area contributed by atoms with E-state index in [0.29, 0.717) is 6.54 Å². The molecule has 0 spiro atoms. The Bertz CT molecular complexity index is 1460. The van der Waals surface area contributed by atoms with Gasteiger partial charge in [-0.15, -0.1) is 0 Å². The fourth-order valence-corrected chi connectivity index (χ4v) is 4.07. The lowest BCUT2D eigenvalue weighted by molar-refractivity contribution is -0.120. The Kier molecular flexibility index (Phi) is 6.39. The van der Waals surface area contributed by atoms with Gasteiger partial charge in [0.15, 0.2) is 0 Å². The number of pyridine rings is 1. The van der Waals surface area contributed by atoms with Crippen molar-refractivity contribution >= 4 is 16.7 Å². The molecule has 0 aliphatic heterocycles. The van der Waals surface area contributed by atoms with Crippen LogP contribution in [0.3, 0.4) is 0 Å². The van der Waals surface area contributed by atoms with Crippen LogP contribution >= 0.6 is 0 Å². The van der Waals surface area contributed by atoms with Gasteiger partial charge in [0, 0.05) is 24.3 Å². The fraction of sp³-hybridized carbons (Fsp3) is 0.0667. The summed E-state index contributed by atoms with van der Waals surface area (Å²) < 4.78 is 5.81. The molecule has 1 aromatic heterocycles. The van der Waals surface area contributed by atoms with Crippen molar-refractivity contribution in [3.05, 3.63) is 121 Å². The molecule has 0 radical (unpaired) electrons. The van der Waals surface area contributed by atoms with Gasteiger partial charge in [0.1, 0.15) is 17.2 Å². The molecule has 0 saturated carbocycles. The number of hydrogen-bond acceptors (Lipinski definition) is 4. The molecule has 172 valence electrons. The molecule has 0 unspecified atom stereocenters. The molecule has 2 N–H and O–H groups in total. The normalized spacial score (nSPS) is 10.7. The summed E-state index contributed by atoms with van der Waals surface area (Å²) in [6.07, 6.45) is 3.85. The first kappa shape index (κ1) is 22.2. The first-order valence-corrected chi connectivity index (χ1v) is 11.4. The minimum Gasteiger partial charge on any atom is -0.508 e. The lowest BCUT2D eigenvalue weighted by atomic mass is 9.96. The number of phenols is 1. The second-order valence-electron chi connectivity index (χ2n) is 8.26. The maximum absolute atomic E-state index is 12.6. The Morgan fingerprint density at radius 1 is 0.829 bits per heavy atom. The molecule has 1 amide bonds. The minimum absolute atomic E-state index is 0.0594. The number of hydrogen-bond donors (Lipinski definition) is 2. The number of carbonyl (C=O) groups excluding carboxylic acids is 1. The van der Waals surface area contributed by atoms with Gasteiger partial charge in [0.05, 0.1) is 6.42 Å². The zero-order chi connectivity index (χ0) is 24.0.